The van der Waals surface area contributed by atoms with E-state index < -0.39 is 11.1 Å². The van der Waals surface area contributed by atoms with Crippen LogP contribution >= 0.6 is 11.3 Å². The highest BCUT2D eigenvalue weighted by Gasteiger charge is 2.63. The number of amides is 2. The molecule has 2 amide bonds. The minimum atomic E-state index is -0.714. The van der Waals surface area contributed by atoms with E-state index in [-0.39, 0.29) is 12.0 Å². The third-order valence-electron chi connectivity index (χ3n) is 7.50. The Morgan fingerprint density at radius 2 is 1.83 bits per heavy atom. The molecule has 3 aromatic rings. The molecule has 0 N–H and O–H groups in total. The number of benzene rings is 1. The number of pyridine rings is 1. The molecule has 1 spiro atoms. The van der Waals surface area contributed by atoms with Crippen molar-refractivity contribution in [3.8, 4) is 0 Å². The lowest BCUT2D eigenvalue weighted by Crippen LogP contribution is -2.58. The smallest absolute Gasteiger partial charge is 0.411 e. The third-order valence-corrected chi connectivity index (χ3v) is 8.32. The molecule has 4 heterocycles. The zero-order chi connectivity index (χ0) is 24.5. The average Bonchev–Trinajstić information content (AvgIpc) is 3.39. The van der Waals surface area contributed by atoms with Crippen LogP contribution in [-0.4, -0.2) is 50.5 Å². The van der Waals surface area contributed by atoms with Crippen LogP contribution in [0.5, 0.6) is 0 Å². The van der Waals surface area contributed by atoms with Gasteiger partial charge < -0.3 is 9.64 Å². The second-order valence-electron chi connectivity index (χ2n) is 9.45. The fraction of sp³-hybridized carbons (Fsp3) is 0.407. The predicted molar refractivity (Wildman–Crippen MR) is 134 cm³/mol. The predicted octanol–water partition coefficient (Wildman–Crippen LogP) is 4.71. The normalized spacial score (nSPS) is 21.4. The first-order valence-corrected chi connectivity index (χ1v) is 12.9. The van der Waals surface area contributed by atoms with Crippen LogP contribution in [0.3, 0.4) is 0 Å². The molecular formula is C27H30N4O3S. The summed E-state index contributed by atoms with van der Waals surface area (Å²) in [6.45, 7) is 5.57. The summed E-state index contributed by atoms with van der Waals surface area (Å²) in [5.41, 5.74) is 1.43. The number of aromatic nitrogens is 2. The van der Waals surface area contributed by atoms with Gasteiger partial charge in [0.05, 0.1) is 17.2 Å². The highest BCUT2D eigenvalue weighted by molar-refractivity contribution is 7.09. The first-order valence-electron chi connectivity index (χ1n) is 12.1. The van der Waals surface area contributed by atoms with E-state index in [2.05, 4.69) is 29.0 Å². The van der Waals surface area contributed by atoms with Crippen molar-refractivity contribution in [3.63, 3.8) is 0 Å². The lowest BCUT2D eigenvalue weighted by molar-refractivity contribution is -0.137. The molecule has 1 aromatic carbocycles. The van der Waals surface area contributed by atoms with Gasteiger partial charge in [0.15, 0.2) is 0 Å². The van der Waals surface area contributed by atoms with Crippen molar-refractivity contribution in [1.82, 2.24) is 19.8 Å². The van der Waals surface area contributed by atoms with Crippen molar-refractivity contribution >= 4 is 23.3 Å². The summed E-state index contributed by atoms with van der Waals surface area (Å²) in [6.07, 6.45) is 3.66. The highest BCUT2D eigenvalue weighted by Crippen LogP contribution is 2.52. The number of ether oxygens (including phenoxy) is 1. The average molecular weight is 491 g/mol. The summed E-state index contributed by atoms with van der Waals surface area (Å²) in [6, 6.07) is 15.9. The maximum atomic E-state index is 13.3. The number of nitrogens with zero attached hydrogens (tertiary/aromatic N) is 4. The van der Waals surface area contributed by atoms with Gasteiger partial charge in [0.1, 0.15) is 11.1 Å². The van der Waals surface area contributed by atoms with Crippen molar-refractivity contribution in [2.45, 2.75) is 57.2 Å². The van der Waals surface area contributed by atoms with E-state index in [0.29, 0.717) is 45.3 Å². The van der Waals surface area contributed by atoms with E-state index in [1.165, 1.54) is 0 Å². The molecule has 8 heteroatoms. The molecule has 182 valence electrons. The SMILES string of the molecule is Cc1nc(CN2C(=O)OC3(CCN(C(=O)CCc4ccccn4)CC3)C2(C)c2ccccc2)cs1. The van der Waals surface area contributed by atoms with Crippen LogP contribution in [0.2, 0.25) is 0 Å². The summed E-state index contributed by atoms with van der Waals surface area (Å²) in [5.74, 6) is 0.117. The Balaban J connectivity index is 1.36. The molecule has 0 bridgehead atoms. The molecule has 2 fully saturated rings. The molecule has 7 nitrogen and oxygen atoms in total. The van der Waals surface area contributed by atoms with Crippen LogP contribution in [0.25, 0.3) is 0 Å². The van der Waals surface area contributed by atoms with Crippen LogP contribution < -0.4 is 0 Å². The Kier molecular flexibility index (Phi) is 6.32. The maximum absolute atomic E-state index is 13.3. The van der Waals surface area contributed by atoms with E-state index in [1.807, 2.05) is 58.5 Å². The number of rotatable bonds is 6. The monoisotopic (exact) mass is 490 g/mol. The molecule has 0 radical (unpaired) electrons. The van der Waals surface area contributed by atoms with Gasteiger partial charge in [-0.2, -0.15) is 0 Å². The quantitative estimate of drug-likeness (QED) is 0.500. The van der Waals surface area contributed by atoms with Gasteiger partial charge >= 0.3 is 6.09 Å². The molecule has 0 aliphatic carbocycles. The first kappa shape index (κ1) is 23.5. The van der Waals surface area contributed by atoms with Crippen LogP contribution in [0.15, 0.2) is 60.1 Å². The molecule has 2 aliphatic rings. The van der Waals surface area contributed by atoms with E-state index >= 15 is 0 Å². The Labute approximate surface area is 209 Å². The standard InChI is InChI=1S/C27H30N4O3S/c1-20-29-23(19-35-20)18-31-25(33)34-27(26(31,2)21-8-4-3-5-9-21)13-16-30(17-14-27)24(32)12-11-22-10-6-7-15-28-22/h3-10,15,19H,11-14,16-18H2,1-2H3. The van der Waals surface area contributed by atoms with Crippen LogP contribution in [0.4, 0.5) is 4.79 Å². The summed E-state index contributed by atoms with van der Waals surface area (Å²) in [5, 5.41) is 2.98. The van der Waals surface area contributed by atoms with Crippen LogP contribution in [-0.2, 0) is 28.0 Å². The zero-order valence-electron chi connectivity index (χ0n) is 20.1. The molecule has 2 aliphatic heterocycles. The summed E-state index contributed by atoms with van der Waals surface area (Å²) in [4.78, 5) is 38.9. The molecule has 5 rings (SSSR count). The minimum absolute atomic E-state index is 0.117. The van der Waals surface area contributed by atoms with Crippen LogP contribution in [0, 0.1) is 6.92 Å². The zero-order valence-corrected chi connectivity index (χ0v) is 21.0. The number of thiazole rings is 1. The largest absolute Gasteiger partial charge is 0.440 e. The Hall–Kier alpha value is -3.26. The molecule has 1 unspecified atom stereocenters. The van der Waals surface area contributed by atoms with Gasteiger partial charge in [-0.3, -0.25) is 14.7 Å². The molecule has 1 atom stereocenters. The second kappa shape index (κ2) is 9.41. The van der Waals surface area contributed by atoms with Gasteiger partial charge in [-0.05, 0) is 38.0 Å². The number of likely N-dealkylation sites (tertiary alicyclic amines) is 1. The summed E-state index contributed by atoms with van der Waals surface area (Å²) in [7, 11) is 0. The fourth-order valence-electron chi connectivity index (χ4n) is 5.44. The lowest BCUT2D eigenvalue weighted by atomic mass is 9.70. The van der Waals surface area contributed by atoms with Gasteiger partial charge in [-0.1, -0.05) is 36.4 Å². The van der Waals surface area contributed by atoms with Gasteiger partial charge in [-0.25, -0.2) is 9.78 Å². The molecule has 2 aromatic heterocycles. The third kappa shape index (κ3) is 4.31. The number of piperidine rings is 1. The van der Waals surface area contributed by atoms with Gasteiger partial charge in [-0.15, -0.1) is 11.3 Å². The Bertz CT molecular complexity index is 1190. The van der Waals surface area contributed by atoms with E-state index in [9.17, 15) is 9.59 Å². The topological polar surface area (TPSA) is 75.6 Å². The summed E-state index contributed by atoms with van der Waals surface area (Å²) >= 11 is 1.58. The van der Waals surface area contributed by atoms with Gasteiger partial charge in [0, 0.05) is 49.6 Å². The minimum Gasteiger partial charge on any atom is -0.440 e. The highest BCUT2D eigenvalue weighted by atomic mass is 32.1. The number of carbonyl (C=O) groups is 2. The lowest BCUT2D eigenvalue weighted by Gasteiger charge is -2.48. The van der Waals surface area contributed by atoms with Crippen molar-refractivity contribution in [2.75, 3.05) is 13.1 Å². The first-order chi connectivity index (χ1) is 16.9. The molecular weight excluding hydrogens is 460 g/mol. The Morgan fingerprint density at radius 1 is 1.09 bits per heavy atom. The molecule has 0 saturated carbocycles. The van der Waals surface area contributed by atoms with E-state index in [1.54, 1.807) is 17.5 Å². The fourth-order valence-corrected chi connectivity index (χ4v) is 6.05. The number of aryl methyl sites for hydroxylation is 2. The van der Waals surface area contributed by atoms with E-state index in [0.717, 1.165) is 22.0 Å². The Morgan fingerprint density at radius 3 is 2.49 bits per heavy atom. The van der Waals surface area contributed by atoms with Crippen molar-refractivity contribution < 1.29 is 14.3 Å². The maximum Gasteiger partial charge on any atom is 0.411 e. The van der Waals surface area contributed by atoms with Gasteiger partial charge in [0.25, 0.3) is 0 Å². The van der Waals surface area contributed by atoms with Crippen molar-refractivity contribution in [1.29, 1.82) is 0 Å². The van der Waals surface area contributed by atoms with Crippen molar-refractivity contribution in [2.24, 2.45) is 0 Å². The second-order valence-corrected chi connectivity index (χ2v) is 10.5. The van der Waals surface area contributed by atoms with E-state index in [4.69, 9.17) is 4.74 Å². The summed E-state index contributed by atoms with van der Waals surface area (Å²) < 4.78 is 6.22. The molecule has 35 heavy (non-hydrogen) atoms. The van der Waals surface area contributed by atoms with Gasteiger partial charge in [0.2, 0.25) is 5.91 Å². The molecule has 2 saturated heterocycles. The van der Waals surface area contributed by atoms with Crippen LogP contribution in [0.1, 0.15) is 48.1 Å². The van der Waals surface area contributed by atoms with Crippen molar-refractivity contribution in [3.05, 3.63) is 82.1 Å². The number of hydrogen-bond acceptors (Lipinski definition) is 6. The number of hydrogen-bond donors (Lipinski definition) is 0. The number of carbonyl (C=O) groups excluding carboxylic acids is 2.